The minimum absolute atomic E-state index is 0.00634. The van der Waals surface area contributed by atoms with E-state index in [1.54, 1.807) is 24.3 Å². The average Bonchev–Trinajstić information content (AvgIpc) is 2.75. The molecule has 6 N–H and O–H groups in total. The SMILES string of the molecule is Cc1cccc(NC(=O)Nc2nc(=O)c(-c3ccc(CNCCCN)c(Cl)c3)c[nH]2)c1Cl. The molecule has 0 aliphatic rings. The van der Waals surface area contributed by atoms with E-state index >= 15 is 0 Å². The predicted octanol–water partition coefficient (Wildman–Crippen LogP) is 4.13. The number of hydrogen-bond acceptors (Lipinski definition) is 5. The number of H-pyrrole nitrogens is 1. The lowest BCUT2D eigenvalue weighted by molar-refractivity contribution is 0.262. The van der Waals surface area contributed by atoms with E-state index < -0.39 is 11.6 Å². The summed E-state index contributed by atoms with van der Waals surface area (Å²) >= 11 is 12.6. The van der Waals surface area contributed by atoms with Gasteiger partial charge in [-0.25, -0.2) is 4.79 Å². The number of aromatic amines is 1. The average molecular weight is 475 g/mol. The lowest BCUT2D eigenvalue weighted by Crippen LogP contribution is -2.23. The molecule has 0 saturated heterocycles. The van der Waals surface area contributed by atoms with Crippen LogP contribution in [-0.2, 0) is 6.54 Å². The maximum atomic E-state index is 12.5. The Morgan fingerprint density at radius 3 is 2.72 bits per heavy atom. The number of anilines is 2. The van der Waals surface area contributed by atoms with Gasteiger partial charge in [0.15, 0.2) is 0 Å². The molecule has 0 saturated carbocycles. The number of amides is 2. The first-order valence-electron chi connectivity index (χ1n) is 10.0. The molecule has 0 aliphatic heterocycles. The van der Waals surface area contributed by atoms with Crippen LogP contribution in [0.5, 0.6) is 0 Å². The number of carbonyl (C=O) groups is 1. The van der Waals surface area contributed by atoms with E-state index in [0.717, 1.165) is 24.1 Å². The molecule has 3 rings (SSSR count). The summed E-state index contributed by atoms with van der Waals surface area (Å²) < 4.78 is 0. The van der Waals surface area contributed by atoms with Crippen molar-refractivity contribution < 1.29 is 4.79 Å². The monoisotopic (exact) mass is 474 g/mol. The zero-order valence-corrected chi connectivity index (χ0v) is 19.0. The molecule has 0 bridgehead atoms. The zero-order chi connectivity index (χ0) is 23.1. The highest BCUT2D eigenvalue weighted by atomic mass is 35.5. The second-order valence-electron chi connectivity index (χ2n) is 7.11. The highest BCUT2D eigenvalue weighted by Crippen LogP contribution is 2.25. The third kappa shape index (κ3) is 6.08. The molecule has 10 heteroatoms. The summed E-state index contributed by atoms with van der Waals surface area (Å²) in [6.07, 6.45) is 2.36. The van der Waals surface area contributed by atoms with Crippen LogP contribution < -0.4 is 27.2 Å². The van der Waals surface area contributed by atoms with Crippen molar-refractivity contribution in [2.24, 2.45) is 5.73 Å². The maximum absolute atomic E-state index is 12.5. The molecule has 8 nitrogen and oxygen atoms in total. The van der Waals surface area contributed by atoms with Crippen LogP contribution in [-0.4, -0.2) is 29.1 Å². The van der Waals surface area contributed by atoms with Gasteiger partial charge in [0.2, 0.25) is 5.95 Å². The molecule has 3 aromatic rings. The standard InChI is InChI=1S/C22H24Cl2N6O2/c1-13-4-2-5-18(19(13)24)28-22(32)30-21-27-12-16(20(31)29-21)14-6-7-15(17(23)10-14)11-26-9-3-8-25/h2,4-7,10,12,26H,3,8-9,11,25H2,1H3,(H3,27,28,29,30,31,32). The first kappa shape index (κ1) is 23.7. The van der Waals surface area contributed by atoms with Crippen LogP contribution in [0, 0.1) is 6.92 Å². The quantitative estimate of drug-likeness (QED) is 0.313. The molecule has 32 heavy (non-hydrogen) atoms. The zero-order valence-electron chi connectivity index (χ0n) is 17.5. The van der Waals surface area contributed by atoms with E-state index in [1.165, 1.54) is 6.20 Å². The third-order valence-corrected chi connectivity index (χ3v) is 5.56. The van der Waals surface area contributed by atoms with E-state index in [2.05, 4.69) is 25.9 Å². The van der Waals surface area contributed by atoms with Gasteiger partial charge in [-0.3, -0.25) is 10.1 Å². The van der Waals surface area contributed by atoms with E-state index in [9.17, 15) is 9.59 Å². The van der Waals surface area contributed by atoms with Gasteiger partial charge in [-0.2, -0.15) is 4.98 Å². The van der Waals surface area contributed by atoms with E-state index in [4.69, 9.17) is 28.9 Å². The van der Waals surface area contributed by atoms with Crippen molar-refractivity contribution >= 4 is 40.9 Å². The Kier molecular flexibility index (Phi) is 8.24. The number of halogens is 2. The number of aromatic nitrogens is 2. The summed E-state index contributed by atoms with van der Waals surface area (Å²) in [4.78, 5) is 31.5. The van der Waals surface area contributed by atoms with Gasteiger partial charge in [0.1, 0.15) is 0 Å². The van der Waals surface area contributed by atoms with Gasteiger partial charge < -0.3 is 21.4 Å². The van der Waals surface area contributed by atoms with Crippen LogP contribution in [0.25, 0.3) is 11.1 Å². The van der Waals surface area contributed by atoms with E-state index in [1.807, 2.05) is 19.1 Å². The molecule has 0 spiro atoms. The minimum atomic E-state index is -0.581. The lowest BCUT2D eigenvalue weighted by atomic mass is 10.1. The number of aryl methyl sites for hydroxylation is 1. The Hall–Kier alpha value is -2.91. The molecule has 168 valence electrons. The van der Waals surface area contributed by atoms with E-state index in [-0.39, 0.29) is 5.95 Å². The summed E-state index contributed by atoms with van der Waals surface area (Å²) in [6, 6.07) is 10.1. The largest absolute Gasteiger partial charge is 0.331 e. The topological polar surface area (TPSA) is 125 Å². The molecule has 0 aliphatic carbocycles. The number of hydrogen-bond donors (Lipinski definition) is 5. The molecule has 1 heterocycles. The van der Waals surface area contributed by atoms with E-state index in [0.29, 0.717) is 39.9 Å². The summed E-state index contributed by atoms with van der Waals surface area (Å²) in [5, 5.41) is 9.37. The summed E-state index contributed by atoms with van der Waals surface area (Å²) in [6.45, 7) is 3.87. The fourth-order valence-corrected chi connectivity index (χ4v) is 3.40. The van der Waals surface area contributed by atoms with Gasteiger partial charge in [-0.15, -0.1) is 0 Å². The number of nitrogens with one attached hydrogen (secondary N) is 4. The van der Waals surface area contributed by atoms with Gasteiger partial charge in [0, 0.05) is 17.8 Å². The number of benzene rings is 2. The van der Waals surface area contributed by atoms with Crippen molar-refractivity contribution in [1.29, 1.82) is 0 Å². The van der Waals surface area contributed by atoms with Crippen LogP contribution in [0.2, 0.25) is 10.0 Å². The number of nitrogens with zero attached hydrogens (tertiary/aromatic N) is 1. The van der Waals surface area contributed by atoms with Crippen molar-refractivity contribution in [2.75, 3.05) is 23.7 Å². The molecular weight excluding hydrogens is 451 g/mol. The molecule has 0 fully saturated rings. The minimum Gasteiger partial charge on any atom is -0.331 e. The van der Waals surface area contributed by atoms with Crippen LogP contribution in [0.1, 0.15) is 17.5 Å². The van der Waals surface area contributed by atoms with Crippen molar-refractivity contribution in [3.63, 3.8) is 0 Å². The summed E-state index contributed by atoms with van der Waals surface area (Å²) in [5.41, 5.74) is 8.14. The summed E-state index contributed by atoms with van der Waals surface area (Å²) in [7, 11) is 0. The first-order chi connectivity index (χ1) is 15.4. The van der Waals surface area contributed by atoms with Crippen molar-refractivity contribution in [3.05, 3.63) is 74.1 Å². The number of rotatable bonds is 8. The van der Waals surface area contributed by atoms with Crippen molar-refractivity contribution in [3.8, 4) is 11.1 Å². The predicted molar refractivity (Wildman–Crippen MR) is 130 cm³/mol. The molecular formula is C22H24Cl2N6O2. The Labute approximate surface area is 195 Å². The Bertz CT molecular complexity index is 1170. The first-order valence-corrected chi connectivity index (χ1v) is 10.8. The number of nitrogens with two attached hydrogens (primary N) is 1. The van der Waals surface area contributed by atoms with Crippen LogP contribution in [0.15, 0.2) is 47.4 Å². The van der Waals surface area contributed by atoms with Crippen molar-refractivity contribution in [1.82, 2.24) is 15.3 Å². The molecule has 0 unspecified atom stereocenters. The maximum Gasteiger partial charge on any atom is 0.326 e. The van der Waals surface area contributed by atoms with Crippen molar-refractivity contribution in [2.45, 2.75) is 19.9 Å². The van der Waals surface area contributed by atoms with Gasteiger partial charge in [-0.05, 0) is 55.3 Å². The fraction of sp³-hybridized carbons (Fsp3) is 0.227. The van der Waals surface area contributed by atoms with Gasteiger partial charge in [-0.1, -0.05) is 47.5 Å². The lowest BCUT2D eigenvalue weighted by Gasteiger charge is -2.10. The molecule has 0 radical (unpaired) electrons. The third-order valence-electron chi connectivity index (χ3n) is 4.71. The summed E-state index contributed by atoms with van der Waals surface area (Å²) in [5.74, 6) is 0.00634. The highest BCUT2D eigenvalue weighted by Gasteiger charge is 2.12. The fourth-order valence-electron chi connectivity index (χ4n) is 2.98. The van der Waals surface area contributed by atoms with Gasteiger partial charge in [0.25, 0.3) is 5.56 Å². The Morgan fingerprint density at radius 1 is 1.19 bits per heavy atom. The van der Waals surface area contributed by atoms with Crippen LogP contribution in [0.3, 0.4) is 0 Å². The molecule has 2 aromatic carbocycles. The Balaban J connectivity index is 1.68. The van der Waals surface area contributed by atoms with Crippen LogP contribution >= 0.6 is 23.2 Å². The second kappa shape index (κ2) is 11.1. The number of urea groups is 1. The van der Waals surface area contributed by atoms with Gasteiger partial charge >= 0.3 is 6.03 Å². The van der Waals surface area contributed by atoms with Gasteiger partial charge in [0.05, 0.1) is 16.3 Å². The van der Waals surface area contributed by atoms with Crippen LogP contribution in [0.4, 0.5) is 16.4 Å². The molecule has 1 aromatic heterocycles. The molecule has 2 amide bonds. The Morgan fingerprint density at radius 2 is 2.00 bits per heavy atom. The molecule has 0 atom stereocenters. The highest BCUT2D eigenvalue weighted by molar-refractivity contribution is 6.34. The number of carbonyl (C=O) groups excluding carboxylic acids is 1. The second-order valence-corrected chi connectivity index (χ2v) is 7.89. The normalized spacial score (nSPS) is 10.8. The smallest absolute Gasteiger partial charge is 0.326 e.